The Hall–Kier alpha value is -1.81. The van der Waals surface area contributed by atoms with Crippen LogP contribution in [0.3, 0.4) is 0 Å². The lowest BCUT2D eigenvalue weighted by molar-refractivity contribution is 0.0940. The maximum atomic E-state index is 12.5. The summed E-state index contributed by atoms with van der Waals surface area (Å²) in [5, 5.41) is 6.17. The van der Waals surface area contributed by atoms with Gasteiger partial charge in [-0.2, -0.15) is 0 Å². The second kappa shape index (κ2) is 6.31. The molecule has 3 nitrogen and oxygen atoms in total. The first-order chi connectivity index (χ1) is 9.92. The highest BCUT2D eigenvalue weighted by Crippen LogP contribution is 2.27. The summed E-state index contributed by atoms with van der Waals surface area (Å²) in [5.41, 5.74) is 3.82. The molecule has 0 bridgehead atoms. The van der Waals surface area contributed by atoms with Gasteiger partial charge in [-0.25, -0.2) is 0 Å². The van der Waals surface area contributed by atoms with Crippen molar-refractivity contribution in [3.8, 4) is 0 Å². The minimum absolute atomic E-state index is 0.00710. The first-order valence-electron chi connectivity index (χ1n) is 7.08. The van der Waals surface area contributed by atoms with Gasteiger partial charge in [-0.05, 0) is 51.5 Å². The topological polar surface area (TPSA) is 41.1 Å². The summed E-state index contributed by atoms with van der Waals surface area (Å²) in [4.78, 5) is 15.1. The predicted octanol–water partition coefficient (Wildman–Crippen LogP) is 4.21. The van der Waals surface area contributed by atoms with Crippen LogP contribution in [-0.2, 0) is 0 Å². The zero-order chi connectivity index (χ0) is 15.6. The number of carbonyl (C=O) groups excluding carboxylic acids is 1. The van der Waals surface area contributed by atoms with Gasteiger partial charge in [0.1, 0.15) is 0 Å². The first kappa shape index (κ1) is 15.6. The van der Waals surface area contributed by atoms with Gasteiger partial charge in [0, 0.05) is 22.5 Å². The fraction of sp³-hybridized carbons (Fsp3) is 0.353. The van der Waals surface area contributed by atoms with E-state index in [9.17, 15) is 4.79 Å². The third-order valence-electron chi connectivity index (χ3n) is 3.58. The molecule has 1 amide bonds. The minimum Gasteiger partial charge on any atom is -0.387 e. The maximum Gasteiger partial charge on any atom is 0.253 e. The second-order valence-electron chi connectivity index (χ2n) is 5.36. The number of aryl methyl sites for hydroxylation is 3. The van der Waals surface area contributed by atoms with E-state index in [1.807, 2.05) is 39.1 Å². The highest BCUT2D eigenvalue weighted by molar-refractivity contribution is 7.12. The second-order valence-corrected chi connectivity index (χ2v) is 6.82. The van der Waals surface area contributed by atoms with E-state index in [0.717, 1.165) is 11.3 Å². The van der Waals surface area contributed by atoms with Crippen LogP contribution >= 0.6 is 11.3 Å². The molecule has 4 heteroatoms. The molecular weight excluding hydrogens is 280 g/mol. The van der Waals surface area contributed by atoms with E-state index in [2.05, 4.69) is 30.5 Å². The number of anilines is 1. The number of hydrogen-bond donors (Lipinski definition) is 2. The highest BCUT2D eigenvalue weighted by Gasteiger charge is 2.17. The molecule has 1 unspecified atom stereocenters. The molecule has 2 rings (SSSR count). The quantitative estimate of drug-likeness (QED) is 0.888. The van der Waals surface area contributed by atoms with E-state index in [4.69, 9.17) is 0 Å². The minimum atomic E-state index is -0.0428. The predicted molar refractivity (Wildman–Crippen MR) is 90.4 cm³/mol. The number of amides is 1. The lowest BCUT2D eigenvalue weighted by Crippen LogP contribution is -2.27. The molecule has 1 atom stereocenters. The summed E-state index contributed by atoms with van der Waals surface area (Å²) in [6.07, 6.45) is 0. The van der Waals surface area contributed by atoms with Gasteiger partial charge in [0.05, 0.1) is 11.6 Å². The molecule has 112 valence electrons. The molecule has 1 aromatic heterocycles. The molecule has 0 aliphatic heterocycles. The fourth-order valence-electron chi connectivity index (χ4n) is 2.50. The molecule has 1 heterocycles. The third kappa shape index (κ3) is 3.45. The van der Waals surface area contributed by atoms with E-state index in [1.165, 1.54) is 15.3 Å². The van der Waals surface area contributed by atoms with Crippen molar-refractivity contribution in [1.29, 1.82) is 0 Å². The maximum absolute atomic E-state index is 12.5. The Bertz CT molecular complexity index is 661. The number of benzene rings is 1. The number of carbonyl (C=O) groups is 1. The molecule has 0 saturated carbocycles. The van der Waals surface area contributed by atoms with Crippen molar-refractivity contribution in [3.05, 3.63) is 50.7 Å². The van der Waals surface area contributed by atoms with Crippen LogP contribution in [0.5, 0.6) is 0 Å². The standard InChI is InChI=1S/C17H22N2OS/c1-10-6-7-16(18-5)15(8-10)17(20)19-12(3)14-9-11(2)21-13(14)4/h6-9,12,18H,1-5H3,(H,19,20). The summed E-state index contributed by atoms with van der Waals surface area (Å²) in [6, 6.07) is 8.01. The van der Waals surface area contributed by atoms with Crippen molar-refractivity contribution < 1.29 is 4.79 Å². The number of thiophene rings is 1. The van der Waals surface area contributed by atoms with Gasteiger partial charge < -0.3 is 10.6 Å². The third-order valence-corrected chi connectivity index (χ3v) is 4.56. The van der Waals surface area contributed by atoms with Crippen molar-refractivity contribution in [1.82, 2.24) is 5.32 Å². The summed E-state index contributed by atoms with van der Waals surface area (Å²) >= 11 is 1.77. The molecule has 0 fully saturated rings. The molecular formula is C17H22N2OS. The Morgan fingerprint density at radius 1 is 1.19 bits per heavy atom. The molecule has 0 radical (unpaired) electrons. The first-order valence-corrected chi connectivity index (χ1v) is 7.90. The SMILES string of the molecule is CNc1ccc(C)cc1C(=O)NC(C)c1cc(C)sc1C. The van der Waals surface area contributed by atoms with E-state index < -0.39 is 0 Å². The fourth-order valence-corrected chi connectivity index (χ4v) is 3.52. The smallest absolute Gasteiger partial charge is 0.253 e. The van der Waals surface area contributed by atoms with Gasteiger partial charge in [-0.15, -0.1) is 11.3 Å². The molecule has 0 spiro atoms. The van der Waals surface area contributed by atoms with E-state index >= 15 is 0 Å². The lowest BCUT2D eigenvalue weighted by Gasteiger charge is -2.16. The summed E-state index contributed by atoms with van der Waals surface area (Å²) in [5.74, 6) is -0.0428. The number of nitrogens with one attached hydrogen (secondary N) is 2. The number of rotatable bonds is 4. The van der Waals surface area contributed by atoms with Crippen LogP contribution in [0.2, 0.25) is 0 Å². The van der Waals surface area contributed by atoms with Gasteiger partial charge in [0.2, 0.25) is 0 Å². The van der Waals surface area contributed by atoms with Crippen LogP contribution in [0.25, 0.3) is 0 Å². The van der Waals surface area contributed by atoms with Crippen molar-refractivity contribution >= 4 is 22.9 Å². The average molecular weight is 302 g/mol. The van der Waals surface area contributed by atoms with Crippen molar-refractivity contribution in [3.63, 3.8) is 0 Å². The largest absolute Gasteiger partial charge is 0.387 e. The lowest BCUT2D eigenvalue weighted by atomic mass is 10.1. The van der Waals surface area contributed by atoms with Gasteiger partial charge >= 0.3 is 0 Å². The number of hydrogen-bond acceptors (Lipinski definition) is 3. The van der Waals surface area contributed by atoms with E-state index in [0.29, 0.717) is 5.56 Å². The molecule has 21 heavy (non-hydrogen) atoms. The van der Waals surface area contributed by atoms with Gasteiger partial charge in [0.25, 0.3) is 5.91 Å². The summed E-state index contributed by atoms with van der Waals surface area (Å²) in [7, 11) is 1.83. The Morgan fingerprint density at radius 2 is 1.90 bits per heavy atom. The summed E-state index contributed by atoms with van der Waals surface area (Å²) < 4.78 is 0. The molecule has 2 aromatic rings. The highest BCUT2D eigenvalue weighted by atomic mass is 32.1. The van der Waals surface area contributed by atoms with Crippen molar-refractivity contribution in [2.24, 2.45) is 0 Å². The van der Waals surface area contributed by atoms with E-state index in [1.54, 1.807) is 11.3 Å². The summed E-state index contributed by atoms with van der Waals surface area (Å²) in [6.45, 7) is 8.21. The van der Waals surface area contributed by atoms with Crippen LogP contribution in [0, 0.1) is 20.8 Å². The van der Waals surface area contributed by atoms with Crippen molar-refractivity contribution in [2.75, 3.05) is 12.4 Å². The van der Waals surface area contributed by atoms with E-state index in [-0.39, 0.29) is 11.9 Å². The van der Waals surface area contributed by atoms with Crippen LogP contribution < -0.4 is 10.6 Å². The average Bonchev–Trinajstić information content (AvgIpc) is 2.77. The molecule has 0 aliphatic carbocycles. The van der Waals surface area contributed by atoms with Gasteiger partial charge in [-0.1, -0.05) is 11.6 Å². The molecule has 0 aliphatic rings. The monoisotopic (exact) mass is 302 g/mol. The zero-order valence-corrected chi connectivity index (χ0v) is 14.0. The zero-order valence-electron chi connectivity index (χ0n) is 13.2. The Balaban J connectivity index is 2.22. The van der Waals surface area contributed by atoms with Crippen LogP contribution in [0.15, 0.2) is 24.3 Å². The Labute approximate surface area is 130 Å². The van der Waals surface area contributed by atoms with Crippen LogP contribution in [0.4, 0.5) is 5.69 Å². The molecule has 0 saturated heterocycles. The van der Waals surface area contributed by atoms with Crippen LogP contribution in [0.1, 0.15) is 44.2 Å². The van der Waals surface area contributed by atoms with Crippen LogP contribution in [-0.4, -0.2) is 13.0 Å². The van der Waals surface area contributed by atoms with Gasteiger partial charge in [-0.3, -0.25) is 4.79 Å². The molecule has 1 aromatic carbocycles. The van der Waals surface area contributed by atoms with Crippen molar-refractivity contribution in [2.45, 2.75) is 33.7 Å². The molecule has 2 N–H and O–H groups in total. The van der Waals surface area contributed by atoms with Gasteiger partial charge in [0.15, 0.2) is 0 Å². The Kier molecular flexibility index (Phi) is 4.68. The normalized spacial score (nSPS) is 12.0. The Morgan fingerprint density at radius 3 is 2.48 bits per heavy atom.